The van der Waals surface area contributed by atoms with Gasteiger partial charge in [0.2, 0.25) is 0 Å². The van der Waals surface area contributed by atoms with E-state index < -0.39 is 0 Å². The van der Waals surface area contributed by atoms with Crippen LogP contribution in [0.3, 0.4) is 0 Å². The molecule has 0 aliphatic carbocycles. The zero-order valence-electron chi connectivity index (χ0n) is 9.38. The topological polar surface area (TPSA) is 36.3 Å². The third kappa shape index (κ3) is 3.35. The number of hydrogen-bond donors (Lipinski definition) is 1. The molecular formula is C12H14Cl2N2O. The Kier molecular flexibility index (Phi) is 4.26. The van der Waals surface area contributed by atoms with E-state index in [-0.39, 0.29) is 0 Å². The Bertz CT molecular complexity index is 417. The Morgan fingerprint density at radius 2 is 2.00 bits per heavy atom. The number of rotatable bonds is 2. The summed E-state index contributed by atoms with van der Waals surface area (Å²) in [6.07, 6.45) is 0.538. The number of morpholine rings is 1. The summed E-state index contributed by atoms with van der Waals surface area (Å²) in [7, 11) is 0. The Labute approximate surface area is 111 Å². The summed E-state index contributed by atoms with van der Waals surface area (Å²) < 4.78 is 5.26. The van der Waals surface area contributed by atoms with Gasteiger partial charge in [0.25, 0.3) is 0 Å². The van der Waals surface area contributed by atoms with Crippen molar-refractivity contribution in [2.45, 2.75) is 6.42 Å². The van der Waals surface area contributed by atoms with Crippen LogP contribution in [0.25, 0.3) is 0 Å². The molecule has 1 saturated heterocycles. The van der Waals surface area contributed by atoms with E-state index in [2.05, 4.69) is 0 Å². The van der Waals surface area contributed by atoms with Gasteiger partial charge in [0.1, 0.15) is 5.84 Å². The molecule has 1 aliphatic rings. The van der Waals surface area contributed by atoms with Crippen molar-refractivity contribution in [3.05, 3.63) is 33.8 Å². The van der Waals surface area contributed by atoms with Gasteiger partial charge in [-0.05, 0) is 17.7 Å². The van der Waals surface area contributed by atoms with Crippen LogP contribution in [0.15, 0.2) is 18.2 Å². The molecule has 5 heteroatoms. The molecule has 17 heavy (non-hydrogen) atoms. The zero-order chi connectivity index (χ0) is 12.3. The van der Waals surface area contributed by atoms with Crippen LogP contribution in [0, 0.1) is 5.41 Å². The maximum absolute atomic E-state index is 8.05. The first-order valence-electron chi connectivity index (χ1n) is 5.51. The van der Waals surface area contributed by atoms with E-state index in [0.29, 0.717) is 35.5 Å². The van der Waals surface area contributed by atoms with Crippen LogP contribution in [0.4, 0.5) is 0 Å². The van der Waals surface area contributed by atoms with Crippen molar-refractivity contribution in [3.63, 3.8) is 0 Å². The van der Waals surface area contributed by atoms with Crippen LogP contribution in [0.2, 0.25) is 10.0 Å². The van der Waals surface area contributed by atoms with Crippen LogP contribution >= 0.6 is 23.2 Å². The minimum atomic E-state index is 0.538. The van der Waals surface area contributed by atoms with Gasteiger partial charge in [0.15, 0.2) is 0 Å². The molecule has 0 amide bonds. The standard InChI is InChI=1S/C12H14Cl2N2O/c13-10-2-1-9(11(14)8-10)7-12(15)16-3-5-17-6-4-16/h1-2,8,15H,3-7H2. The van der Waals surface area contributed by atoms with Crippen molar-refractivity contribution in [2.24, 2.45) is 0 Å². The van der Waals surface area contributed by atoms with Crippen LogP contribution in [-0.4, -0.2) is 37.0 Å². The van der Waals surface area contributed by atoms with Crippen molar-refractivity contribution in [3.8, 4) is 0 Å². The number of hydrogen-bond acceptors (Lipinski definition) is 2. The molecule has 3 nitrogen and oxygen atoms in total. The average molecular weight is 273 g/mol. The van der Waals surface area contributed by atoms with Crippen LogP contribution in [-0.2, 0) is 11.2 Å². The largest absolute Gasteiger partial charge is 0.378 e. The molecule has 0 unspecified atom stereocenters. The molecule has 1 heterocycles. The van der Waals surface area contributed by atoms with E-state index in [9.17, 15) is 0 Å². The normalized spacial score (nSPS) is 16.0. The van der Waals surface area contributed by atoms with Crippen LogP contribution < -0.4 is 0 Å². The quantitative estimate of drug-likeness (QED) is 0.664. The molecular weight excluding hydrogens is 259 g/mol. The second-order valence-electron chi connectivity index (χ2n) is 3.96. The first kappa shape index (κ1) is 12.7. The van der Waals surface area contributed by atoms with E-state index >= 15 is 0 Å². The number of benzene rings is 1. The van der Waals surface area contributed by atoms with Gasteiger partial charge in [-0.2, -0.15) is 0 Å². The molecule has 1 N–H and O–H groups in total. The Hall–Kier alpha value is -0.770. The lowest BCUT2D eigenvalue weighted by molar-refractivity contribution is 0.0670. The molecule has 92 valence electrons. The highest BCUT2D eigenvalue weighted by molar-refractivity contribution is 6.35. The first-order valence-corrected chi connectivity index (χ1v) is 6.26. The Morgan fingerprint density at radius 1 is 1.29 bits per heavy atom. The lowest BCUT2D eigenvalue weighted by Crippen LogP contribution is -2.41. The Morgan fingerprint density at radius 3 is 2.65 bits per heavy atom. The van der Waals surface area contributed by atoms with Crippen LogP contribution in [0.5, 0.6) is 0 Å². The fraction of sp³-hybridized carbons (Fsp3) is 0.417. The van der Waals surface area contributed by atoms with Gasteiger partial charge in [-0.3, -0.25) is 5.41 Å². The van der Waals surface area contributed by atoms with Crippen LogP contribution in [0.1, 0.15) is 5.56 Å². The van der Waals surface area contributed by atoms with Gasteiger partial charge in [-0.15, -0.1) is 0 Å². The minimum Gasteiger partial charge on any atom is -0.378 e. The maximum Gasteiger partial charge on any atom is 0.100 e. The summed E-state index contributed by atoms with van der Waals surface area (Å²) in [5.41, 5.74) is 0.938. The van der Waals surface area contributed by atoms with E-state index in [1.807, 2.05) is 11.0 Å². The molecule has 1 aromatic rings. The second-order valence-corrected chi connectivity index (χ2v) is 4.80. The minimum absolute atomic E-state index is 0.538. The van der Waals surface area contributed by atoms with Gasteiger partial charge >= 0.3 is 0 Å². The maximum atomic E-state index is 8.05. The molecule has 2 rings (SSSR count). The number of halogens is 2. The Balaban J connectivity index is 2.02. The summed E-state index contributed by atoms with van der Waals surface area (Å²) in [5, 5.41) is 9.29. The molecule has 0 saturated carbocycles. The van der Waals surface area contributed by atoms with Crippen molar-refractivity contribution in [1.82, 2.24) is 4.90 Å². The summed E-state index contributed by atoms with van der Waals surface area (Å²) in [5.74, 6) is 0.581. The van der Waals surface area contributed by atoms with E-state index in [1.54, 1.807) is 12.1 Å². The summed E-state index contributed by atoms with van der Waals surface area (Å²) in [4.78, 5) is 2.02. The van der Waals surface area contributed by atoms with Gasteiger partial charge in [-0.1, -0.05) is 29.3 Å². The number of ether oxygens (including phenoxy) is 1. The second kappa shape index (κ2) is 5.71. The lowest BCUT2D eigenvalue weighted by atomic mass is 10.1. The molecule has 1 fully saturated rings. The number of amidine groups is 1. The number of nitrogens with zero attached hydrogens (tertiary/aromatic N) is 1. The molecule has 1 aromatic carbocycles. The smallest absolute Gasteiger partial charge is 0.100 e. The highest BCUT2D eigenvalue weighted by Gasteiger charge is 2.15. The zero-order valence-corrected chi connectivity index (χ0v) is 10.9. The fourth-order valence-corrected chi connectivity index (χ4v) is 2.27. The molecule has 0 radical (unpaired) electrons. The summed E-state index contributed by atoms with van der Waals surface area (Å²) >= 11 is 11.9. The van der Waals surface area contributed by atoms with Gasteiger partial charge in [0.05, 0.1) is 13.2 Å². The van der Waals surface area contributed by atoms with E-state index in [0.717, 1.165) is 18.7 Å². The van der Waals surface area contributed by atoms with Gasteiger partial charge in [-0.25, -0.2) is 0 Å². The molecule has 0 spiro atoms. The predicted molar refractivity (Wildman–Crippen MR) is 70.3 cm³/mol. The van der Waals surface area contributed by atoms with Crippen molar-refractivity contribution in [1.29, 1.82) is 5.41 Å². The number of nitrogens with one attached hydrogen (secondary N) is 1. The third-order valence-corrected chi connectivity index (χ3v) is 3.35. The van der Waals surface area contributed by atoms with Crippen molar-refractivity contribution >= 4 is 29.0 Å². The highest BCUT2D eigenvalue weighted by atomic mass is 35.5. The van der Waals surface area contributed by atoms with Gasteiger partial charge in [0, 0.05) is 29.6 Å². The monoisotopic (exact) mass is 272 g/mol. The van der Waals surface area contributed by atoms with E-state index in [4.69, 9.17) is 33.3 Å². The van der Waals surface area contributed by atoms with Crippen molar-refractivity contribution in [2.75, 3.05) is 26.3 Å². The molecule has 0 atom stereocenters. The predicted octanol–water partition coefficient (Wildman–Crippen LogP) is 2.85. The first-order chi connectivity index (χ1) is 8.16. The fourth-order valence-electron chi connectivity index (χ4n) is 1.79. The summed E-state index contributed by atoms with van der Waals surface area (Å²) in [6, 6.07) is 5.39. The van der Waals surface area contributed by atoms with Crippen molar-refractivity contribution < 1.29 is 4.74 Å². The third-order valence-electron chi connectivity index (χ3n) is 2.77. The van der Waals surface area contributed by atoms with E-state index in [1.165, 1.54) is 0 Å². The average Bonchev–Trinajstić information content (AvgIpc) is 2.34. The van der Waals surface area contributed by atoms with Gasteiger partial charge < -0.3 is 9.64 Å². The highest BCUT2D eigenvalue weighted by Crippen LogP contribution is 2.22. The lowest BCUT2D eigenvalue weighted by Gasteiger charge is -2.29. The SMILES string of the molecule is N=C(Cc1ccc(Cl)cc1Cl)N1CCOCC1. The molecule has 1 aliphatic heterocycles. The molecule has 0 bridgehead atoms. The molecule has 0 aromatic heterocycles. The summed E-state index contributed by atoms with van der Waals surface area (Å²) in [6.45, 7) is 2.95.